The van der Waals surface area contributed by atoms with Gasteiger partial charge in [-0.1, -0.05) is 6.07 Å². The molecule has 0 atom stereocenters. The van der Waals surface area contributed by atoms with Crippen LogP contribution in [0.4, 0.5) is 0 Å². The van der Waals surface area contributed by atoms with Gasteiger partial charge in [0.25, 0.3) is 5.91 Å². The van der Waals surface area contributed by atoms with Gasteiger partial charge >= 0.3 is 0 Å². The zero-order valence-electron chi connectivity index (χ0n) is 11.3. The van der Waals surface area contributed by atoms with Crippen LogP contribution in [0.25, 0.3) is 0 Å². The normalized spacial score (nSPS) is 10.3. The summed E-state index contributed by atoms with van der Waals surface area (Å²) in [6.45, 7) is 2.34. The molecule has 1 N–H and O–H groups in total. The smallest absolute Gasteiger partial charge is 0.254 e. The summed E-state index contributed by atoms with van der Waals surface area (Å²) < 4.78 is 0.567. The maximum absolute atomic E-state index is 12.3. The van der Waals surface area contributed by atoms with Gasteiger partial charge in [0.1, 0.15) is 5.75 Å². The number of hydrogen-bond acceptors (Lipinski definition) is 3. The van der Waals surface area contributed by atoms with Gasteiger partial charge < -0.3 is 10.0 Å². The second-order valence-electron chi connectivity index (χ2n) is 4.60. The number of aromatic hydroxyl groups is 1. The number of phenolic OH excluding ortho intramolecular Hbond substituents is 1. The molecule has 1 amide bonds. The largest absolute Gasteiger partial charge is 0.507 e. The van der Waals surface area contributed by atoms with Gasteiger partial charge in [-0.3, -0.25) is 9.78 Å². The third-order valence-electron chi connectivity index (χ3n) is 2.88. The first kappa shape index (κ1) is 14.5. The van der Waals surface area contributed by atoms with Crippen molar-refractivity contribution in [2.45, 2.75) is 13.5 Å². The molecule has 1 aromatic heterocycles. The lowest BCUT2D eigenvalue weighted by molar-refractivity contribution is 0.0783. The Bertz CT molecular complexity index is 644. The van der Waals surface area contributed by atoms with Gasteiger partial charge in [-0.25, -0.2) is 0 Å². The molecule has 0 bridgehead atoms. The summed E-state index contributed by atoms with van der Waals surface area (Å²) in [6, 6.07) is 10.5. The Morgan fingerprint density at radius 1 is 1.35 bits per heavy atom. The maximum atomic E-state index is 12.3. The van der Waals surface area contributed by atoms with Gasteiger partial charge in [-0.2, -0.15) is 0 Å². The maximum Gasteiger partial charge on any atom is 0.254 e. The number of benzene rings is 1. The Kier molecular flexibility index (Phi) is 4.39. The number of pyridine rings is 1. The monoisotopic (exact) mass is 334 g/mol. The first-order valence-corrected chi connectivity index (χ1v) is 6.93. The zero-order chi connectivity index (χ0) is 14.7. The number of carbonyl (C=O) groups is 1. The summed E-state index contributed by atoms with van der Waals surface area (Å²) in [5, 5.41) is 9.63. The van der Waals surface area contributed by atoms with Crippen LogP contribution in [0.5, 0.6) is 5.75 Å². The second kappa shape index (κ2) is 6.05. The number of rotatable bonds is 3. The molecule has 0 aliphatic carbocycles. The summed E-state index contributed by atoms with van der Waals surface area (Å²) in [4.78, 5) is 18.2. The van der Waals surface area contributed by atoms with Crippen LogP contribution >= 0.6 is 15.9 Å². The van der Waals surface area contributed by atoms with E-state index in [1.54, 1.807) is 24.1 Å². The number of hydrogen-bond donors (Lipinski definition) is 1. The average Bonchev–Trinajstić information content (AvgIpc) is 2.41. The Morgan fingerprint density at radius 3 is 2.75 bits per heavy atom. The van der Waals surface area contributed by atoms with E-state index >= 15 is 0 Å². The number of phenols is 1. The van der Waals surface area contributed by atoms with Crippen LogP contribution in [-0.2, 0) is 6.54 Å². The fourth-order valence-corrected chi connectivity index (χ4v) is 2.12. The zero-order valence-corrected chi connectivity index (χ0v) is 12.9. The molecule has 2 rings (SSSR count). The molecule has 0 unspecified atom stereocenters. The van der Waals surface area contributed by atoms with Crippen LogP contribution < -0.4 is 0 Å². The van der Waals surface area contributed by atoms with Crippen molar-refractivity contribution in [1.29, 1.82) is 0 Å². The predicted molar refractivity (Wildman–Crippen MR) is 80.6 cm³/mol. The van der Waals surface area contributed by atoms with Crippen molar-refractivity contribution >= 4 is 21.8 Å². The van der Waals surface area contributed by atoms with Crippen molar-refractivity contribution in [2.75, 3.05) is 7.05 Å². The summed E-state index contributed by atoms with van der Waals surface area (Å²) in [6.07, 6.45) is 0. The molecule has 0 spiro atoms. The highest BCUT2D eigenvalue weighted by Crippen LogP contribution is 2.24. The summed E-state index contributed by atoms with van der Waals surface area (Å²) in [5.41, 5.74) is 2.20. The van der Waals surface area contributed by atoms with Crippen molar-refractivity contribution in [1.82, 2.24) is 9.88 Å². The molecule has 0 aliphatic heterocycles. The second-order valence-corrected chi connectivity index (χ2v) is 5.45. The Balaban J connectivity index is 2.14. The van der Waals surface area contributed by atoms with Crippen molar-refractivity contribution < 1.29 is 9.90 Å². The van der Waals surface area contributed by atoms with E-state index in [0.29, 0.717) is 16.6 Å². The highest BCUT2D eigenvalue weighted by Gasteiger charge is 2.14. The predicted octanol–water partition coefficient (Wildman–Crippen LogP) is 3.13. The van der Waals surface area contributed by atoms with E-state index in [0.717, 1.165) is 11.4 Å². The number of nitrogens with zero attached hydrogens (tertiary/aromatic N) is 2. The van der Waals surface area contributed by atoms with Crippen LogP contribution in [0.3, 0.4) is 0 Å². The van der Waals surface area contributed by atoms with E-state index in [1.807, 2.05) is 25.1 Å². The lowest BCUT2D eigenvalue weighted by Crippen LogP contribution is -2.26. The van der Waals surface area contributed by atoms with E-state index in [9.17, 15) is 9.90 Å². The van der Waals surface area contributed by atoms with Crippen LogP contribution in [0.2, 0.25) is 0 Å². The number of halogens is 1. The molecular weight excluding hydrogens is 320 g/mol. The van der Waals surface area contributed by atoms with Crippen molar-refractivity contribution in [3.05, 3.63) is 57.8 Å². The Labute approximate surface area is 126 Å². The lowest BCUT2D eigenvalue weighted by atomic mass is 10.2. The summed E-state index contributed by atoms with van der Waals surface area (Å²) >= 11 is 3.19. The molecule has 20 heavy (non-hydrogen) atoms. The fraction of sp³-hybridized carbons (Fsp3) is 0.200. The SMILES string of the molecule is Cc1cccc(CN(C)C(=O)c2ccc(Br)c(O)c2)n1. The van der Waals surface area contributed by atoms with Gasteiger partial charge in [0.2, 0.25) is 0 Å². The number of aryl methyl sites for hydroxylation is 1. The number of amides is 1. The summed E-state index contributed by atoms with van der Waals surface area (Å²) in [7, 11) is 1.71. The first-order chi connectivity index (χ1) is 9.47. The van der Waals surface area contributed by atoms with Crippen molar-refractivity contribution in [2.24, 2.45) is 0 Å². The average molecular weight is 335 g/mol. The topological polar surface area (TPSA) is 53.4 Å². The third kappa shape index (κ3) is 3.36. The van der Waals surface area contributed by atoms with Gasteiger partial charge in [0.15, 0.2) is 0 Å². The minimum absolute atomic E-state index is 0.0536. The standard InChI is InChI=1S/C15H15BrN2O2/c1-10-4-3-5-12(17-10)9-18(2)15(20)11-6-7-13(16)14(19)8-11/h3-8,19H,9H2,1-2H3. The highest BCUT2D eigenvalue weighted by molar-refractivity contribution is 9.10. The van der Waals surface area contributed by atoms with E-state index in [2.05, 4.69) is 20.9 Å². The molecule has 0 aliphatic rings. The van der Waals surface area contributed by atoms with Crippen molar-refractivity contribution in [3.63, 3.8) is 0 Å². The van der Waals surface area contributed by atoms with Gasteiger partial charge in [-0.15, -0.1) is 0 Å². The minimum atomic E-state index is -0.156. The summed E-state index contributed by atoms with van der Waals surface area (Å²) in [5.74, 6) is -0.103. The lowest BCUT2D eigenvalue weighted by Gasteiger charge is -2.17. The molecule has 0 radical (unpaired) electrons. The van der Waals surface area contributed by atoms with Crippen LogP contribution in [0.1, 0.15) is 21.7 Å². The molecule has 0 fully saturated rings. The molecular formula is C15H15BrN2O2. The number of carbonyl (C=O) groups excluding carboxylic acids is 1. The fourth-order valence-electron chi connectivity index (χ4n) is 1.87. The quantitative estimate of drug-likeness (QED) is 0.938. The third-order valence-corrected chi connectivity index (χ3v) is 3.56. The van der Waals surface area contributed by atoms with E-state index in [4.69, 9.17) is 0 Å². The molecule has 0 saturated carbocycles. The molecule has 104 valence electrons. The molecule has 5 heteroatoms. The van der Waals surface area contributed by atoms with Gasteiger partial charge in [0.05, 0.1) is 16.7 Å². The van der Waals surface area contributed by atoms with Gasteiger partial charge in [0, 0.05) is 18.3 Å². The van der Waals surface area contributed by atoms with E-state index < -0.39 is 0 Å². The molecule has 0 saturated heterocycles. The van der Waals surface area contributed by atoms with E-state index in [-0.39, 0.29) is 11.7 Å². The first-order valence-electron chi connectivity index (χ1n) is 6.14. The van der Waals surface area contributed by atoms with Crippen molar-refractivity contribution in [3.8, 4) is 5.75 Å². The Morgan fingerprint density at radius 2 is 2.10 bits per heavy atom. The minimum Gasteiger partial charge on any atom is -0.507 e. The molecule has 4 nitrogen and oxygen atoms in total. The molecule has 1 heterocycles. The molecule has 2 aromatic rings. The van der Waals surface area contributed by atoms with E-state index in [1.165, 1.54) is 6.07 Å². The van der Waals surface area contributed by atoms with Crippen LogP contribution in [0.15, 0.2) is 40.9 Å². The van der Waals surface area contributed by atoms with Crippen LogP contribution in [-0.4, -0.2) is 27.9 Å². The highest BCUT2D eigenvalue weighted by atomic mass is 79.9. The Hall–Kier alpha value is -1.88. The van der Waals surface area contributed by atoms with Crippen LogP contribution in [0, 0.1) is 6.92 Å². The number of aromatic nitrogens is 1. The molecule has 1 aromatic carbocycles. The van der Waals surface area contributed by atoms with Gasteiger partial charge in [-0.05, 0) is 53.2 Å².